The summed E-state index contributed by atoms with van der Waals surface area (Å²) in [6, 6.07) is 7.24. The van der Waals surface area contributed by atoms with E-state index in [4.69, 9.17) is 16.3 Å². The van der Waals surface area contributed by atoms with Crippen LogP contribution in [0.15, 0.2) is 42.2 Å². The van der Waals surface area contributed by atoms with Gasteiger partial charge in [-0.25, -0.2) is 0 Å². The third kappa shape index (κ3) is 2.31. The Morgan fingerprint density at radius 2 is 2.05 bits per heavy atom. The molecule has 1 N–H and O–H groups in total. The van der Waals surface area contributed by atoms with E-state index in [9.17, 15) is 9.90 Å². The Hall–Kier alpha value is -1.58. The Morgan fingerprint density at radius 3 is 2.63 bits per heavy atom. The van der Waals surface area contributed by atoms with Crippen LogP contribution in [0.5, 0.6) is 0 Å². The van der Waals surface area contributed by atoms with Gasteiger partial charge in [-0.1, -0.05) is 35.9 Å². The first-order valence-electron chi connectivity index (χ1n) is 5.91. The van der Waals surface area contributed by atoms with Crippen LogP contribution in [0, 0.1) is 5.92 Å². The number of carbonyl (C=O) groups is 1. The summed E-state index contributed by atoms with van der Waals surface area (Å²) in [7, 11) is 1.47. The van der Waals surface area contributed by atoms with E-state index in [1.165, 1.54) is 7.11 Å². The lowest BCUT2D eigenvalue weighted by atomic mass is 9.76. The first-order valence-corrected chi connectivity index (χ1v) is 6.29. The summed E-state index contributed by atoms with van der Waals surface area (Å²) in [5.41, 5.74) is 0.0547. The van der Waals surface area contributed by atoms with E-state index in [1.54, 1.807) is 25.1 Å². The molecule has 3 nitrogen and oxygen atoms in total. The van der Waals surface area contributed by atoms with Crippen molar-refractivity contribution in [3.8, 4) is 0 Å². The highest BCUT2D eigenvalue weighted by Gasteiger charge is 2.41. The average Bonchev–Trinajstić information content (AvgIpc) is 2.38. The largest absolute Gasteiger partial charge is 0.498 e. The highest BCUT2D eigenvalue weighted by Crippen LogP contribution is 2.40. The van der Waals surface area contributed by atoms with Gasteiger partial charge < -0.3 is 14.6 Å². The number of hydrogen-bond acceptors (Lipinski definition) is 3. The molecule has 2 atom stereocenters. The number of carbonyl (C=O) groups excluding carboxylic acids is 1. The maximum absolute atomic E-state index is 11.4. The molecule has 1 aromatic rings. The molecule has 19 heavy (non-hydrogen) atoms. The van der Waals surface area contributed by atoms with Crippen LogP contribution in [0.25, 0.3) is 5.57 Å². The van der Waals surface area contributed by atoms with Gasteiger partial charge in [0, 0.05) is 5.02 Å². The standard InChI is InChI=1S/C15H15ClO3/c1-15(18)12(9-17)10(7-8-14(15)19-2)11-5-3-4-6-13(11)16/h3-9,12,18H,1-2H3. The van der Waals surface area contributed by atoms with E-state index in [1.807, 2.05) is 18.2 Å². The van der Waals surface area contributed by atoms with Crippen LogP contribution in [0.3, 0.4) is 0 Å². The zero-order chi connectivity index (χ0) is 14.0. The fraction of sp³-hybridized carbons (Fsp3) is 0.267. The quantitative estimate of drug-likeness (QED) is 0.865. The molecule has 1 aromatic carbocycles. The summed E-state index contributed by atoms with van der Waals surface area (Å²) in [6.45, 7) is 1.56. The summed E-state index contributed by atoms with van der Waals surface area (Å²) < 4.78 is 5.13. The molecule has 4 heteroatoms. The first-order chi connectivity index (χ1) is 9.02. The second kappa shape index (κ2) is 5.19. The van der Waals surface area contributed by atoms with Crippen molar-refractivity contribution in [1.82, 2.24) is 0 Å². The molecule has 0 saturated heterocycles. The number of allylic oxidation sites excluding steroid dienone is 2. The van der Waals surface area contributed by atoms with Crippen molar-refractivity contribution >= 4 is 23.5 Å². The zero-order valence-corrected chi connectivity index (χ0v) is 11.5. The molecule has 0 spiro atoms. The smallest absolute Gasteiger partial charge is 0.132 e. The maximum atomic E-state index is 11.4. The van der Waals surface area contributed by atoms with Crippen LogP contribution in [-0.2, 0) is 9.53 Å². The van der Waals surface area contributed by atoms with E-state index in [0.29, 0.717) is 16.4 Å². The van der Waals surface area contributed by atoms with Crippen LogP contribution < -0.4 is 0 Å². The number of aliphatic hydroxyl groups is 1. The molecule has 0 heterocycles. The number of ether oxygens (including phenoxy) is 1. The molecule has 1 aliphatic carbocycles. The van der Waals surface area contributed by atoms with Crippen molar-refractivity contribution in [2.75, 3.05) is 7.11 Å². The van der Waals surface area contributed by atoms with Crippen LogP contribution in [-0.4, -0.2) is 24.1 Å². The molecule has 2 rings (SSSR count). The molecule has 0 fully saturated rings. The lowest BCUT2D eigenvalue weighted by Gasteiger charge is -2.35. The number of hydrogen-bond donors (Lipinski definition) is 1. The third-order valence-electron chi connectivity index (χ3n) is 3.39. The Bertz CT molecular complexity index is 558. The van der Waals surface area contributed by atoms with Crippen molar-refractivity contribution in [3.63, 3.8) is 0 Å². The lowest BCUT2D eigenvalue weighted by Crippen LogP contribution is -2.40. The Balaban J connectivity index is 2.57. The van der Waals surface area contributed by atoms with E-state index < -0.39 is 11.5 Å². The van der Waals surface area contributed by atoms with Crippen molar-refractivity contribution in [2.24, 2.45) is 5.92 Å². The minimum absolute atomic E-state index is 0.361. The summed E-state index contributed by atoms with van der Waals surface area (Å²) in [5.74, 6) is -0.354. The van der Waals surface area contributed by atoms with Gasteiger partial charge in [0.25, 0.3) is 0 Å². The summed E-state index contributed by atoms with van der Waals surface area (Å²) in [4.78, 5) is 11.4. The normalized spacial score (nSPS) is 26.4. The monoisotopic (exact) mass is 278 g/mol. The Kier molecular flexibility index (Phi) is 3.78. The number of benzene rings is 1. The van der Waals surface area contributed by atoms with Gasteiger partial charge in [0.2, 0.25) is 0 Å². The summed E-state index contributed by atoms with van der Waals surface area (Å²) in [5, 5.41) is 11.1. The summed E-state index contributed by atoms with van der Waals surface area (Å²) in [6.07, 6.45) is 4.15. The van der Waals surface area contributed by atoms with Gasteiger partial charge in [-0.15, -0.1) is 0 Å². The molecule has 0 amide bonds. The van der Waals surface area contributed by atoms with E-state index in [-0.39, 0.29) is 0 Å². The van der Waals surface area contributed by atoms with Crippen molar-refractivity contribution in [2.45, 2.75) is 12.5 Å². The highest BCUT2D eigenvalue weighted by molar-refractivity contribution is 6.32. The minimum Gasteiger partial charge on any atom is -0.498 e. The number of aldehydes is 1. The Morgan fingerprint density at radius 1 is 1.37 bits per heavy atom. The lowest BCUT2D eigenvalue weighted by molar-refractivity contribution is -0.115. The second-order valence-electron chi connectivity index (χ2n) is 4.60. The second-order valence-corrected chi connectivity index (χ2v) is 5.01. The molecular weight excluding hydrogens is 264 g/mol. The number of halogens is 1. The first kappa shape index (κ1) is 13.8. The molecular formula is C15H15ClO3. The van der Waals surface area contributed by atoms with Crippen LogP contribution in [0.1, 0.15) is 12.5 Å². The molecule has 2 unspecified atom stereocenters. The van der Waals surface area contributed by atoms with Crippen molar-refractivity contribution in [3.05, 3.63) is 52.8 Å². The SMILES string of the molecule is COC1=CC=C(c2ccccc2Cl)C(C=O)C1(C)O. The van der Waals surface area contributed by atoms with E-state index in [2.05, 4.69) is 0 Å². The molecule has 0 bridgehead atoms. The van der Waals surface area contributed by atoms with Gasteiger partial charge >= 0.3 is 0 Å². The number of methoxy groups -OCH3 is 1. The molecule has 0 saturated carbocycles. The Labute approximate surface area is 117 Å². The zero-order valence-electron chi connectivity index (χ0n) is 10.8. The highest BCUT2D eigenvalue weighted by atomic mass is 35.5. The van der Waals surface area contributed by atoms with Gasteiger partial charge in [-0.2, -0.15) is 0 Å². The topological polar surface area (TPSA) is 46.5 Å². The predicted molar refractivity (Wildman–Crippen MR) is 74.7 cm³/mol. The number of rotatable bonds is 3. The molecule has 0 aliphatic heterocycles. The van der Waals surface area contributed by atoms with Gasteiger partial charge in [0.05, 0.1) is 13.0 Å². The fourth-order valence-corrected chi connectivity index (χ4v) is 2.57. The maximum Gasteiger partial charge on any atom is 0.132 e. The van der Waals surface area contributed by atoms with Crippen LogP contribution in [0.4, 0.5) is 0 Å². The fourth-order valence-electron chi connectivity index (χ4n) is 2.33. The molecule has 1 aliphatic rings. The van der Waals surface area contributed by atoms with E-state index in [0.717, 1.165) is 11.8 Å². The van der Waals surface area contributed by atoms with Crippen LogP contribution >= 0.6 is 11.6 Å². The average molecular weight is 279 g/mol. The predicted octanol–water partition coefficient (Wildman–Crippen LogP) is 2.83. The van der Waals surface area contributed by atoms with Crippen LogP contribution in [0.2, 0.25) is 5.02 Å². The molecule has 100 valence electrons. The third-order valence-corrected chi connectivity index (χ3v) is 3.72. The van der Waals surface area contributed by atoms with Crippen molar-refractivity contribution < 1.29 is 14.6 Å². The van der Waals surface area contributed by atoms with E-state index >= 15 is 0 Å². The summed E-state index contributed by atoms with van der Waals surface area (Å²) >= 11 is 6.15. The van der Waals surface area contributed by atoms with Gasteiger partial charge in [0.15, 0.2) is 0 Å². The molecule has 0 radical (unpaired) electrons. The molecule has 0 aromatic heterocycles. The van der Waals surface area contributed by atoms with Gasteiger partial charge in [-0.3, -0.25) is 0 Å². The minimum atomic E-state index is -1.38. The van der Waals surface area contributed by atoms with Gasteiger partial charge in [-0.05, 0) is 30.2 Å². The van der Waals surface area contributed by atoms with Gasteiger partial charge in [0.1, 0.15) is 17.6 Å². The van der Waals surface area contributed by atoms with Crippen molar-refractivity contribution in [1.29, 1.82) is 0 Å².